The van der Waals surface area contributed by atoms with Crippen molar-refractivity contribution in [2.24, 2.45) is 0 Å². The van der Waals surface area contributed by atoms with E-state index in [1.54, 1.807) is 6.20 Å². The van der Waals surface area contributed by atoms with Crippen LogP contribution in [0.5, 0.6) is 0 Å². The molecular formula is C14H13BrClN3S. The first-order valence-corrected chi connectivity index (χ1v) is 7.54. The van der Waals surface area contributed by atoms with Crippen molar-refractivity contribution in [2.45, 2.75) is 13.5 Å². The lowest BCUT2D eigenvalue weighted by Crippen LogP contribution is -2.28. The lowest BCUT2D eigenvalue weighted by Gasteiger charge is -2.12. The molecule has 1 aromatic carbocycles. The molecule has 0 aliphatic rings. The maximum atomic E-state index is 6.09. The van der Waals surface area contributed by atoms with Crippen molar-refractivity contribution >= 4 is 50.7 Å². The summed E-state index contributed by atoms with van der Waals surface area (Å²) in [6.45, 7) is 2.55. The van der Waals surface area contributed by atoms with E-state index in [0.29, 0.717) is 17.5 Å². The predicted octanol–water partition coefficient (Wildman–Crippen LogP) is 4.29. The summed E-state index contributed by atoms with van der Waals surface area (Å²) >= 11 is 14.8. The zero-order valence-corrected chi connectivity index (χ0v) is 13.9. The minimum Gasteiger partial charge on any atom is -0.358 e. The second kappa shape index (κ2) is 7.02. The van der Waals surface area contributed by atoms with Gasteiger partial charge in [-0.2, -0.15) is 0 Å². The molecule has 2 N–H and O–H groups in total. The quantitative estimate of drug-likeness (QED) is 0.790. The number of aryl methyl sites for hydroxylation is 1. The van der Waals surface area contributed by atoms with E-state index < -0.39 is 0 Å². The molecule has 0 aliphatic carbocycles. The van der Waals surface area contributed by atoms with Gasteiger partial charge in [-0.1, -0.05) is 29.8 Å². The highest BCUT2D eigenvalue weighted by atomic mass is 79.9. The van der Waals surface area contributed by atoms with Crippen LogP contribution < -0.4 is 10.6 Å². The molecule has 2 rings (SSSR count). The topological polar surface area (TPSA) is 37.0 Å². The molecule has 0 saturated carbocycles. The molecule has 0 aliphatic heterocycles. The Morgan fingerprint density at radius 2 is 2.15 bits per heavy atom. The fourth-order valence-electron chi connectivity index (χ4n) is 1.59. The molecule has 20 heavy (non-hydrogen) atoms. The maximum absolute atomic E-state index is 6.09. The van der Waals surface area contributed by atoms with Crippen molar-refractivity contribution in [3.05, 3.63) is 57.2 Å². The van der Waals surface area contributed by atoms with Crippen LogP contribution >= 0.6 is 39.7 Å². The van der Waals surface area contributed by atoms with Gasteiger partial charge in [0.15, 0.2) is 5.11 Å². The Morgan fingerprint density at radius 3 is 2.85 bits per heavy atom. The summed E-state index contributed by atoms with van der Waals surface area (Å²) in [6, 6.07) is 9.63. The van der Waals surface area contributed by atoms with Crippen LogP contribution in [0.2, 0.25) is 5.02 Å². The van der Waals surface area contributed by atoms with Crippen LogP contribution in [-0.2, 0) is 6.54 Å². The van der Waals surface area contributed by atoms with Gasteiger partial charge in [0.1, 0.15) is 5.82 Å². The van der Waals surface area contributed by atoms with Crippen molar-refractivity contribution in [1.29, 1.82) is 0 Å². The Labute approximate surface area is 136 Å². The number of hydrogen-bond donors (Lipinski definition) is 2. The molecule has 6 heteroatoms. The van der Waals surface area contributed by atoms with Crippen LogP contribution in [0.25, 0.3) is 0 Å². The second-order valence-corrected chi connectivity index (χ2v) is 5.91. The zero-order valence-electron chi connectivity index (χ0n) is 10.8. The van der Waals surface area contributed by atoms with Crippen LogP contribution in [0.1, 0.15) is 11.1 Å². The van der Waals surface area contributed by atoms with Gasteiger partial charge in [0.2, 0.25) is 0 Å². The van der Waals surface area contributed by atoms with E-state index in [9.17, 15) is 0 Å². The number of hydrogen-bond acceptors (Lipinski definition) is 2. The standard InChI is InChI=1S/C14H13BrClN3S/c1-9-6-11(15)13(17-7-9)19-14(20)18-8-10-4-2-3-5-12(10)16/h2-7H,8H2,1H3,(H2,17,18,19,20). The van der Waals surface area contributed by atoms with E-state index in [4.69, 9.17) is 23.8 Å². The summed E-state index contributed by atoms with van der Waals surface area (Å²) in [5, 5.41) is 7.37. The number of halogens is 2. The molecule has 1 aromatic heterocycles. The number of anilines is 1. The van der Waals surface area contributed by atoms with E-state index in [1.807, 2.05) is 37.3 Å². The average Bonchev–Trinajstić information content (AvgIpc) is 2.41. The van der Waals surface area contributed by atoms with E-state index in [2.05, 4.69) is 31.5 Å². The summed E-state index contributed by atoms with van der Waals surface area (Å²) < 4.78 is 0.874. The number of nitrogens with zero attached hydrogens (tertiary/aromatic N) is 1. The lowest BCUT2D eigenvalue weighted by molar-refractivity contribution is 0.925. The molecule has 0 unspecified atom stereocenters. The van der Waals surface area contributed by atoms with Crippen LogP contribution in [0.15, 0.2) is 41.0 Å². The van der Waals surface area contributed by atoms with Gasteiger partial charge < -0.3 is 10.6 Å². The van der Waals surface area contributed by atoms with Gasteiger partial charge >= 0.3 is 0 Å². The van der Waals surface area contributed by atoms with Crippen LogP contribution in [0.4, 0.5) is 5.82 Å². The predicted molar refractivity (Wildman–Crippen MR) is 91.2 cm³/mol. The SMILES string of the molecule is Cc1cnc(NC(=S)NCc2ccccc2Cl)c(Br)c1. The molecule has 1 heterocycles. The van der Waals surface area contributed by atoms with Crippen LogP contribution in [0.3, 0.4) is 0 Å². The Morgan fingerprint density at radius 1 is 1.40 bits per heavy atom. The van der Waals surface area contributed by atoms with Crippen molar-refractivity contribution in [3.63, 3.8) is 0 Å². The van der Waals surface area contributed by atoms with Gasteiger partial charge in [0.05, 0.1) is 4.47 Å². The Balaban J connectivity index is 1.94. The van der Waals surface area contributed by atoms with Crippen molar-refractivity contribution < 1.29 is 0 Å². The van der Waals surface area contributed by atoms with Gasteiger partial charge in [0, 0.05) is 17.8 Å². The van der Waals surface area contributed by atoms with Gasteiger partial charge in [-0.25, -0.2) is 4.98 Å². The minimum absolute atomic E-state index is 0.502. The number of rotatable bonds is 3. The summed E-state index contributed by atoms with van der Waals surface area (Å²) in [7, 11) is 0. The summed E-state index contributed by atoms with van der Waals surface area (Å²) in [5.41, 5.74) is 2.08. The summed E-state index contributed by atoms with van der Waals surface area (Å²) in [6.07, 6.45) is 1.78. The third-order valence-corrected chi connectivity index (χ3v) is 3.83. The van der Waals surface area contributed by atoms with Crippen LogP contribution in [0, 0.1) is 6.92 Å². The first-order valence-electron chi connectivity index (χ1n) is 5.96. The Hall–Kier alpha value is -1.17. The second-order valence-electron chi connectivity index (χ2n) is 4.24. The largest absolute Gasteiger partial charge is 0.358 e. The number of thiocarbonyl (C=S) groups is 1. The lowest BCUT2D eigenvalue weighted by atomic mass is 10.2. The maximum Gasteiger partial charge on any atom is 0.172 e. The molecule has 0 amide bonds. The highest BCUT2D eigenvalue weighted by Gasteiger charge is 2.05. The highest BCUT2D eigenvalue weighted by molar-refractivity contribution is 9.10. The molecule has 104 valence electrons. The zero-order chi connectivity index (χ0) is 14.5. The number of benzene rings is 1. The molecule has 0 saturated heterocycles. The van der Waals surface area contributed by atoms with E-state index in [0.717, 1.165) is 20.6 Å². The molecule has 0 atom stereocenters. The summed E-state index contributed by atoms with van der Waals surface area (Å²) in [5.74, 6) is 0.687. The summed E-state index contributed by atoms with van der Waals surface area (Å²) in [4.78, 5) is 4.28. The van der Waals surface area contributed by atoms with Gasteiger partial charge in [0.25, 0.3) is 0 Å². The fraction of sp³-hybridized carbons (Fsp3) is 0.143. The molecule has 0 spiro atoms. The highest BCUT2D eigenvalue weighted by Crippen LogP contribution is 2.20. The number of pyridine rings is 1. The Kier molecular flexibility index (Phi) is 5.34. The average molecular weight is 371 g/mol. The normalized spacial score (nSPS) is 10.2. The number of aromatic nitrogens is 1. The minimum atomic E-state index is 0.502. The third kappa shape index (κ3) is 4.16. The molecule has 3 nitrogen and oxygen atoms in total. The van der Waals surface area contributed by atoms with Gasteiger partial charge in [-0.05, 0) is 58.3 Å². The molecule has 0 bridgehead atoms. The molecule has 0 radical (unpaired) electrons. The Bertz CT molecular complexity index is 634. The van der Waals surface area contributed by atoms with Gasteiger partial charge in [-0.3, -0.25) is 0 Å². The van der Waals surface area contributed by atoms with Crippen LogP contribution in [-0.4, -0.2) is 10.1 Å². The molecule has 0 fully saturated rings. The fourth-order valence-corrected chi connectivity index (χ4v) is 2.53. The van der Waals surface area contributed by atoms with Crippen molar-refractivity contribution in [2.75, 3.05) is 5.32 Å². The van der Waals surface area contributed by atoms with E-state index in [-0.39, 0.29) is 0 Å². The first kappa shape index (κ1) is 15.2. The smallest absolute Gasteiger partial charge is 0.172 e. The van der Waals surface area contributed by atoms with E-state index >= 15 is 0 Å². The van der Waals surface area contributed by atoms with Gasteiger partial charge in [-0.15, -0.1) is 0 Å². The third-order valence-electron chi connectivity index (χ3n) is 2.61. The van der Waals surface area contributed by atoms with E-state index in [1.165, 1.54) is 0 Å². The van der Waals surface area contributed by atoms with Crippen molar-refractivity contribution in [3.8, 4) is 0 Å². The monoisotopic (exact) mass is 369 g/mol. The molecule has 2 aromatic rings. The first-order chi connectivity index (χ1) is 9.56. The number of nitrogens with one attached hydrogen (secondary N) is 2. The molecular weight excluding hydrogens is 358 g/mol. The van der Waals surface area contributed by atoms with Crippen molar-refractivity contribution in [1.82, 2.24) is 10.3 Å².